The maximum absolute atomic E-state index is 12.0. The lowest BCUT2D eigenvalue weighted by Gasteiger charge is -2.19. The Morgan fingerprint density at radius 2 is 1.91 bits per heavy atom. The van der Waals surface area contributed by atoms with Crippen LogP contribution in [0.1, 0.15) is 26.7 Å². The van der Waals surface area contributed by atoms with Gasteiger partial charge in [-0.2, -0.15) is 0 Å². The van der Waals surface area contributed by atoms with Crippen LogP contribution in [0.4, 0.5) is 0 Å². The van der Waals surface area contributed by atoms with E-state index >= 15 is 0 Å². The van der Waals surface area contributed by atoms with Crippen LogP contribution in [0, 0.1) is 5.92 Å². The van der Waals surface area contributed by atoms with E-state index < -0.39 is 12.0 Å². The smallest absolute Gasteiger partial charge is 0.329 e. The summed E-state index contributed by atoms with van der Waals surface area (Å²) in [4.78, 5) is 23.2. The molecule has 23 heavy (non-hydrogen) atoms. The van der Waals surface area contributed by atoms with Gasteiger partial charge in [0.15, 0.2) is 6.61 Å². The molecule has 1 aromatic carbocycles. The standard InChI is InChI=1S/C16H19N3O4/c1-10(2)14(17-11(3)20)16(21)22-9-13-18-19-15(23-13)12-7-5-4-6-8-12/h4-8,10,14H,9H2,1-3H3,(H,17,20)/t14-/m0/s1. The Hall–Kier alpha value is -2.70. The number of rotatable bonds is 6. The molecule has 7 nitrogen and oxygen atoms in total. The Bertz CT molecular complexity index is 667. The predicted octanol–water partition coefficient (Wildman–Crippen LogP) is 1.94. The molecule has 0 saturated heterocycles. The SMILES string of the molecule is CC(=O)N[C@H](C(=O)OCc1nnc(-c2ccccc2)o1)C(C)C. The maximum atomic E-state index is 12.0. The highest BCUT2D eigenvalue weighted by Crippen LogP contribution is 2.17. The van der Waals surface area contributed by atoms with Crippen molar-refractivity contribution in [3.63, 3.8) is 0 Å². The molecule has 1 aromatic heterocycles. The third kappa shape index (κ3) is 4.64. The molecule has 0 spiro atoms. The van der Waals surface area contributed by atoms with Gasteiger partial charge in [-0.1, -0.05) is 32.0 Å². The van der Waals surface area contributed by atoms with Crippen LogP contribution in [0.15, 0.2) is 34.7 Å². The van der Waals surface area contributed by atoms with E-state index in [1.54, 1.807) is 0 Å². The zero-order chi connectivity index (χ0) is 16.8. The number of carbonyl (C=O) groups is 2. The lowest BCUT2D eigenvalue weighted by molar-refractivity contribution is -0.151. The summed E-state index contributed by atoms with van der Waals surface area (Å²) >= 11 is 0. The molecule has 1 amide bonds. The lowest BCUT2D eigenvalue weighted by atomic mass is 10.0. The average molecular weight is 317 g/mol. The van der Waals surface area contributed by atoms with Crippen LogP contribution in [-0.2, 0) is 20.9 Å². The predicted molar refractivity (Wildman–Crippen MR) is 82.0 cm³/mol. The van der Waals surface area contributed by atoms with Gasteiger partial charge < -0.3 is 14.5 Å². The van der Waals surface area contributed by atoms with E-state index in [9.17, 15) is 9.59 Å². The molecule has 1 heterocycles. The number of ether oxygens (including phenoxy) is 1. The molecule has 0 unspecified atom stereocenters. The number of nitrogens with zero attached hydrogens (tertiary/aromatic N) is 2. The van der Waals surface area contributed by atoms with Crippen molar-refractivity contribution in [3.8, 4) is 11.5 Å². The summed E-state index contributed by atoms with van der Waals surface area (Å²) in [5.41, 5.74) is 0.788. The molecule has 0 radical (unpaired) electrons. The zero-order valence-electron chi connectivity index (χ0n) is 13.3. The van der Waals surface area contributed by atoms with Gasteiger partial charge in [0.25, 0.3) is 5.89 Å². The molecule has 122 valence electrons. The first kappa shape index (κ1) is 16.7. The molecule has 2 aromatic rings. The van der Waals surface area contributed by atoms with Gasteiger partial charge in [-0.3, -0.25) is 4.79 Å². The van der Waals surface area contributed by atoms with Crippen molar-refractivity contribution in [3.05, 3.63) is 36.2 Å². The van der Waals surface area contributed by atoms with Gasteiger partial charge in [0.05, 0.1) is 0 Å². The fourth-order valence-electron chi connectivity index (χ4n) is 1.95. The first-order valence-electron chi connectivity index (χ1n) is 7.29. The van der Waals surface area contributed by atoms with Gasteiger partial charge >= 0.3 is 5.97 Å². The van der Waals surface area contributed by atoms with Gasteiger partial charge in [0.2, 0.25) is 11.8 Å². The Kier molecular flexibility index (Phi) is 5.46. The van der Waals surface area contributed by atoms with Gasteiger partial charge in [-0.15, -0.1) is 10.2 Å². The van der Waals surface area contributed by atoms with Crippen LogP contribution < -0.4 is 5.32 Å². The molecule has 2 rings (SSSR count). The number of aromatic nitrogens is 2. The van der Waals surface area contributed by atoms with Crippen LogP contribution >= 0.6 is 0 Å². The molecule has 0 saturated carbocycles. The highest BCUT2D eigenvalue weighted by atomic mass is 16.5. The molecule has 0 aliphatic carbocycles. The second-order valence-corrected chi connectivity index (χ2v) is 5.40. The highest BCUT2D eigenvalue weighted by molar-refractivity contribution is 5.83. The zero-order valence-corrected chi connectivity index (χ0v) is 13.3. The number of hydrogen-bond acceptors (Lipinski definition) is 6. The van der Waals surface area contributed by atoms with E-state index in [0.29, 0.717) is 5.89 Å². The second-order valence-electron chi connectivity index (χ2n) is 5.40. The molecule has 0 aliphatic rings. The van der Waals surface area contributed by atoms with E-state index in [-0.39, 0.29) is 24.3 Å². The number of benzene rings is 1. The van der Waals surface area contributed by atoms with E-state index in [1.807, 2.05) is 44.2 Å². The van der Waals surface area contributed by atoms with Crippen molar-refractivity contribution in [2.24, 2.45) is 5.92 Å². The Morgan fingerprint density at radius 3 is 2.52 bits per heavy atom. The van der Waals surface area contributed by atoms with Crippen LogP contribution in [-0.4, -0.2) is 28.1 Å². The molecule has 7 heteroatoms. The first-order valence-corrected chi connectivity index (χ1v) is 7.29. The van der Waals surface area contributed by atoms with Crippen molar-refractivity contribution in [1.82, 2.24) is 15.5 Å². The minimum atomic E-state index is -0.705. The van der Waals surface area contributed by atoms with E-state index in [1.165, 1.54) is 6.92 Å². The summed E-state index contributed by atoms with van der Waals surface area (Å²) in [5, 5.41) is 10.3. The van der Waals surface area contributed by atoms with Crippen LogP contribution in [0.2, 0.25) is 0 Å². The minimum absolute atomic E-state index is 0.0889. The molecular weight excluding hydrogens is 298 g/mol. The summed E-state index contributed by atoms with van der Waals surface area (Å²) in [6.45, 7) is 4.86. The van der Waals surface area contributed by atoms with Gasteiger partial charge in [0, 0.05) is 12.5 Å². The van der Waals surface area contributed by atoms with Crippen LogP contribution in [0.5, 0.6) is 0 Å². The van der Waals surface area contributed by atoms with Gasteiger partial charge in [0.1, 0.15) is 6.04 Å². The summed E-state index contributed by atoms with van der Waals surface area (Å²) in [6, 6.07) is 8.59. The summed E-state index contributed by atoms with van der Waals surface area (Å²) in [7, 11) is 0. The number of hydrogen-bond donors (Lipinski definition) is 1. The van der Waals surface area contributed by atoms with Crippen molar-refractivity contribution in [1.29, 1.82) is 0 Å². The molecule has 1 atom stereocenters. The Morgan fingerprint density at radius 1 is 1.22 bits per heavy atom. The molecule has 1 N–H and O–H groups in total. The molecule has 0 bridgehead atoms. The summed E-state index contributed by atoms with van der Waals surface area (Å²) in [6.07, 6.45) is 0. The van der Waals surface area contributed by atoms with Crippen LogP contribution in [0.3, 0.4) is 0 Å². The van der Waals surface area contributed by atoms with Crippen molar-refractivity contribution >= 4 is 11.9 Å². The van der Waals surface area contributed by atoms with E-state index in [0.717, 1.165) is 5.56 Å². The minimum Gasteiger partial charge on any atom is -0.454 e. The van der Waals surface area contributed by atoms with Gasteiger partial charge in [-0.05, 0) is 18.1 Å². The lowest BCUT2D eigenvalue weighted by Crippen LogP contribution is -2.44. The topological polar surface area (TPSA) is 94.3 Å². The number of carbonyl (C=O) groups excluding carboxylic acids is 2. The number of esters is 1. The van der Waals surface area contributed by atoms with E-state index in [2.05, 4.69) is 15.5 Å². The van der Waals surface area contributed by atoms with Gasteiger partial charge in [-0.25, -0.2) is 4.79 Å². The molecular formula is C16H19N3O4. The third-order valence-corrected chi connectivity index (χ3v) is 3.10. The Balaban J connectivity index is 1.96. The highest BCUT2D eigenvalue weighted by Gasteiger charge is 2.25. The molecule has 0 aliphatic heterocycles. The number of nitrogens with one attached hydrogen (secondary N) is 1. The van der Waals surface area contributed by atoms with Crippen molar-refractivity contribution < 1.29 is 18.7 Å². The summed E-state index contributed by atoms with van der Waals surface area (Å²) in [5.74, 6) is -0.352. The maximum Gasteiger partial charge on any atom is 0.329 e. The fourth-order valence-corrected chi connectivity index (χ4v) is 1.95. The fraction of sp³-hybridized carbons (Fsp3) is 0.375. The monoisotopic (exact) mass is 317 g/mol. The van der Waals surface area contributed by atoms with Crippen molar-refractivity contribution in [2.45, 2.75) is 33.4 Å². The first-order chi connectivity index (χ1) is 11.0. The average Bonchev–Trinajstić information content (AvgIpc) is 2.99. The van der Waals surface area contributed by atoms with Crippen LogP contribution in [0.25, 0.3) is 11.5 Å². The molecule has 0 fully saturated rings. The third-order valence-electron chi connectivity index (χ3n) is 3.10. The van der Waals surface area contributed by atoms with E-state index in [4.69, 9.17) is 9.15 Å². The summed E-state index contributed by atoms with van der Waals surface area (Å²) < 4.78 is 10.6. The largest absolute Gasteiger partial charge is 0.454 e. The quantitative estimate of drug-likeness (QED) is 0.818. The number of amides is 1. The normalized spacial score (nSPS) is 12.0. The van der Waals surface area contributed by atoms with Crippen molar-refractivity contribution in [2.75, 3.05) is 0 Å². The second kappa shape index (κ2) is 7.53. The Labute approximate surface area is 134 Å².